The Kier molecular flexibility index (Phi) is 5.39. The summed E-state index contributed by atoms with van der Waals surface area (Å²) in [5.41, 5.74) is 1.96. The van der Waals surface area contributed by atoms with Gasteiger partial charge in [-0.1, -0.05) is 18.2 Å². The second kappa shape index (κ2) is 7.27. The molecule has 0 N–H and O–H groups in total. The number of likely N-dealkylation sites (N-methyl/N-ethyl adjacent to an activating group) is 1. The normalized spacial score (nSPS) is 12.0. The topological polar surface area (TPSA) is 38.2 Å². The summed E-state index contributed by atoms with van der Waals surface area (Å²) in [6.07, 6.45) is 4.32. The molecular weight excluding hydrogens is 286 g/mol. The number of hydrogen-bond acceptors (Lipinski definition) is 4. The van der Waals surface area contributed by atoms with Gasteiger partial charge < -0.3 is 9.64 Å². The Bertz CT molecular complexity index is 591. The summed E-state index contributed by atoms with van der Waals surface area (Å²) in [7, 11) is 3.71. The van der Waals surface area contributed by atoms with Gasteiger partial charge in [0.2, 0.25) is 0 Å². The first-order valence-electron chi connectivity index (χ1n) is 6.87. The Morgan fingerprint density at radius 1 is 1.29 bits per heavy atom. The van der Waals surface area contributed by atoms with Crippen LogP contribution in [0.3, 0.4) is 0 Å². The zero-order valence-electron chi connectivity index (χ0n) is 12.6. The van der Waals surface area contributed by atoms with E-state index in [4.69, 9.17) is 16.3 Å². The third kappa shape index (κ3) is 3.85. The molecule has 1 aromatic heterocycles. The minimum Gasteiger partial charge on any atom is -0.496 e. The number of para-hydroxylation sites is 1. The van der Waals surface area contributed by atoms with Crippen LogP contribution in [0.2, 0.25) is 0 Å². The van der Waals surface area contributed by atoms with Crippen molar-refractivity contribution < 1.29 is 4.74 Å². The third-order valence-corrected chi connectivity index (χ3v) is 3.81. The lowest BCUT2D eigenvalue weighted by Gasteiger charge is -2.26. The summed E-state index contributed by atoms with van der Waals surface area (Å²) in [6.45, 7) is 2.15. The molecule has 0 radical (unpaired) electrons. The largest absolute Gasteiger partial charge is 0.496 e. The van der Waals surface area contributed by atoms with Crippen molar-refractivity contribution in [2.24, 2.45) is 0 Å². The van der Waals surface area contributed by atoms with Crippen LogP contribution in [-0.4, -0.2) is 30.2 Å². The second-order valence-corrected chi connectivity index (χ2v) is 5.25. The van der Waals surface area contributed by atoms with Crippen LogP contribution in [0.15, 0.2) is 36.7 Å². The fourth-order valence-electron chi connectivity index (χ4n) is 2.18. The maximum atomic E-state index is 5.81. The number of ether oxygens (including phenoxy) is 1. The highest BCUT2D eigenvalue weighted by Crippen LogP contribution is 2.22. The summed E-state index contributed by atoms with van der Waals surface area (Å²) < 4.78 is 5.40. The molecule has 2 aromatic rings. The molecule has 5 heteroatoms. The van der Waals surface area contributed by atoms with Gasteiger partial charge in [-0.05, 0) is 25.0 Å². The van der Waals surface area contributed by atoms with Crippen LogP contribution in [0.1, 0.15) is 18.2 Å². The average molecular weight is 306 g/mol. The Morgan fingerprint density at radius 3 is 2.76 bits per heavy atom. The quantitative estimate of drug-likeness (QED) is 0.768. The molecule has 0 spiro atoms. The standard InChI is InChI=1S/C16H20ClN3O/c1-12(8-13-6-4-5-7-15(13)21-3)20(2)16-11-18-10-14(9-17)19-16/h4-7,10-12H,8-9H2,1-3H3. The summed E-state index contributed by atoms with van der Waals surface area (Å²) in [6, 6.07) is 8.34. The van der Waals surface area contributed by atoms with Gasteiger partial charge >= 0.3 is 0 Å². The van der Waals surface area contributed by atoms with Gasteiger partial charge in [-0.2, -0.15) is 0 Å². The van der Waals surface area contributed by atoms with Gasteiger partial charge in [0.1, 0.15) is 11.6 Å². The van der Waals surface area contributed by atoms with Gasteiger partial charge in [0.15, 0.2) is 0 Å². The van der Waals surface area contributed by atoms with Crippen molar-refractivity contribution >= 4 is 17.4 Å². The molecule has 0 saturated heterocycles. The van der Waals surface area contributed by atoms with Crippen LogP contribution in [0, 0.1) is 0 Å². The van der Waals surface area contributed by atoms with E-state index < -0.39 is 0 Å². The molecule has 112 valence electrons. The number of aromatic nitrogens is 2. The van der Waals surface area contributed by atoms with E-state index in [-0.39, 0.29) is 6.04 Å². The predicted molar refractivity (Wildman–Crippen MR) is 86.2 cm³/mol. The van der Waals surface area contributed by atoms with Crippen molar-refractivity contribution in [1.29, 1.82) is 0 Å². The molecule has 4 nitrogen and oxygen atoms in total. The zero-order chi connectivity index (χ0) is 15.2. The summed E-state index contributed by atoms with van der Waals surface area (Å²) in [5, 5.41) is 0. The highest BCUT2D eigenvalue weighted by molar-refractivity contribution is 6.16. The van der Waals surface area contributed by atoms with Crippen LogP contribution < -0.4 is 9.64 Å². The third-order valence-electron chi connectivity index (χ3n) is 3.54. The van der Waals surface area contributed by atoms with E-state index in [1.165, 1.54) is 5.56 Å². The van der Waals surface area contributed by atoms with Crippen molar-refractivity contribution in [3.8, 4) is 5.75 Å². The molecule has 1 unspecified atom stereocenters. The van der Waals surface area contributed by atoms with Gasteiger partial charge in [-0.15, -0.1) is 11.6 Å². The van der Waals surface area contributed by atoms with Crippen LogP contribution in [0.5, 0.6) is 5.75 Å². The summed E-state index contributed by atoms with van der Waals surface area (Å²) in [5.74, 6) is 2.11. The van der Waals surface area contributed by atoms with Crippen LogP contribution in [0.25, 0.3) is 0 Å². The van der Waals surface area contributed by atoms with Crippen molar-refractivity contribution in [1.82, 2.24) is 9.97 Å². The predicted octanol–water partition coefficient (Wildman–Crippen LogP) is 3.29. The minimum atomic E-state index is 0.265. The maximum absolute atomic E-state index is 5.81. The molecule has 1 aromatic carbocycles. The summed E-state index contributed by atoms with van der Waals surface area (Å²) in [4.78, 5) is 10.8. The van der Waals surface area contributed by atoms with Gasteiger partial charge in [-0.3, -0.25) is 4.98 Å². The van der Waals surface area contributed by atoms with E-state index in [0.717, 1.165) is 23.7 Å². The highest BCUT2D eigenvalue weighted by Gasteiger charge is 2.14. The number of halogens is 1. The lowest BCUT2D eigenvalue weighted by molar-refractivity contribution is 0.408. The number of hydrogen-bond donors (Lipinski definition) is 0. The SMILES string of the molecule is COc1ccccc1CC(C)N(C)c1cncc(CCl)n1. The van der Waals surface area contributed by atoms with E-state index >= 15 is 0 Å². The first-order chi connectivity index (χ1) is 10.2. The molecule has 1 atom stereocenters. The molecule has 21 heavy (non-hydrogen) atoms. The van der Waals surface area contributed by atoms with E-state index in [0.29, 0.717) is 5.88 Å². The fourth-order valence-corrected chi connectivity index (χ4v) is 2.31. The van der Waals surface area contributed by atoms with E-state index in [9.17, 15) is 0 Å². The van der Waals surface area contributed by atoms with E-state index in [1.807, 2.05) is 25.2 Å². The Hall–Kier alpha value is -1.81. The maximum Gasteiger partial charge on any atom is 0.147 e. The Balaban J connectivity index is 2.13. The highest BCUT2D eigenvalue weighted by atomic mass is 35.5. The van der Waals surface area contributed by atoms with Gasteiger partial charge in [-0.25, -0.2) is 4.98 Å². The Morgan fingerprint density at radius 2 is 2.05 bits per heavy atom. The second-order valence-electron chi connectivity index (χ2n) is 4.98. The minimum absolute atomic E-state index is 0.265. The Labute approximate surface area is 130 Å². The first kappa shape index (κ1) is 15.6. The number of anilines is 1. The number of nitrogens with zero attached hydrogens (tertiary/aromatic N) is 3. The van der Waals surface area contributed by atoms with Crippen LogP contribution >= 0.6 is 11.6 Å². The number of benzene rings is 1. The van der Waals surface area contributed by atoms with Crippen molar-refractivity contribution in [2.45, 2.75) is 25.3 Å². The number of rotatable bonds is 6. The zero-order valence-corrected chi connectivity index (χ0v) is 13.3. The molecule has 2 rings (SSSR count). The summed E-state index contributed by atoms with van der Waals surface area (Å²) >= 11 is 5.81. The molecule has 0 amide bonds. The fraction of sp³-hybridized carbons (Fsp3) is 0.375. The molecule has 1 heterocycles. The number of methoxy groups -OCH3 is 1. The number of alkyl halides is 1. The lowest BCUT2D eigenvalue weighted by Crippen LogP contribution is -2.31. The monoisotopic (exact) mass is 305 g/mol. The molecule has 0 fully saturated rings. The first-order valence-corrected chi connectivity index (χ1v) is 7.40. The molecule has 0 bridgehead atoms. The van der Waals surface area contributed by atoms with Crippen molar-refractivity contribution in [3.05, 3.63) is 47.9 Å². The van der Waals surface area contributed by atoms with Crippen LogP contribution in [-0.2, 0) is 12.3 Å². The van der Waals surface area contributed by atoms with Gasteiger partial charge in [0.05, 0.1) is 24.9 Å². The van der Waals surface area contributed by atoms with E-state index in [1.54, 1.807) is 19.5 Å². The smallest absolute Gasteiger partial charge is 0.147 e. The van der Waals surface area contributed by atoms with E-state index in [2.05, 4.69) is 27.9 Å². The average Bonchev–Trinajstić information content (AvgIpc) is 2.54. The molecule has 0 aliphatic carbocycles. The molecular formula is C16H20ClN3O. The molecule has 0 saturated carbocycles. The lowest BCUT2D eigenvalue weighted by atomic mass is 10.1. The molecule has 0 aliphatic rings. The van der Waals surface area contributed by atoms with Gasteiger partial charge in [0.25, 0.3) is 0 Å². The van der Waals surface area contributed by atoms with Crippen molar-refractivity contribution in [3.63, 3.8) is 0 Å². The molecule has 0 aliphatic heterocycles. The van der Waals surface area contributed by atoms with Crippen molar-refractivity contribution in [2.75, 3.05) is 19.1 Å². The van der Waals surface area contributed by atoms with Gasteiger partial charge in [0, 0.05) is 19.3 Å². The van der Waals surface area contributed by atoms with Crippen LogP contribution in [0.4, 0.5) is 5.82 Å².